The lowest BCUT2D eigenvalue weighted by molar-refractivity contribution is -0.231. The quantitative estimate of drug-likeness (QED) is 0.751. The first-order valence-electron chi connectivity index (χ1n) is 4.44. The Hall–Kier alpha value is -0.480. The maximum Gasteiger partial charge on any atom is 0.315 e. The van der Waals surface area contributed by atoms with Crippen LogP contribution < -0.4 is 4.74 Å². The summed E-state index contributed by atoms with van der Waals surface area (Å²) in [5.41, 5.74) is 0. The van der Waals surface area contributed by atoms with Crippen molar-refractivity contribution in [1.29, 1.82) is 0 Å². The molecular weight excluding hydrogens is 239 g/mol. The summed E-state index contributed by atoms with van der Waals surface area (Å²) in [4.78, 5) is 0. The van der Waals surface area contributed by atoms with Gasteiger partial charge in [-0.1, -0.05) is 29.3 Å². The van der Waals surface area contributed by atoms with Gasteiger partial charge in [0.15, 0.2) is 0 Å². The van der Waals surface area contributed by atoms with E-state index >= 15 is 0 Å². The van der Waals surface area contributed by atoms with E-state index in [1.54, 1.807) is 18.2 Å². The van der Waals surface area contributed by atoms with E-state index in [0.717, 1.165) is 0 Å². The zero-order chi connectivity index (χ0) is 11.3. The second-order valence-corrected chi connectivity index (χ2v) is 3.43. The molecule has 1 rings (SSSR count). The minimum atomic E-state index is -0.772. The molecule has 1 aromatic carbocycles. The highest BCUT2D eigenvalue weighted by atomic mass is 35.5. The van der Waals surface area contributed by atoms with E-state index in [1.807, 2.05) is 6.92 Å². The standard InChI is InChI=1S/C10H12Cl2O3/c1-3-14-10(13-2)15-8-6-4-5-7(11)9(8)12/h4-6,10H,3H2,1-2H3. The highest BCUT2D eigenvalue weighted by Gasteiger charge is 2.12. The van der Waals surface area contributed by atoms with Crippen LogP contribution in [0, 0.1) is 0 Å². The summed E-state index contributed by atoms with van der Waals surface area (Å²) in [5, 5.41) is 0.779. The number of hydrogen-bond donors (Lipinski definition) is 0. The maximum absolute atomic E-state index is 5.93. The molecule has 1 atom stereocenters. The number of hydrogen-bond acceptors (Lipinski definition) is 3. The van der Waals surface area contributed by atoms with Crippen molar-refractivity contribution in [2.24, 2.45) is 0 Å². The third kappa shape index (κ3) is 3.54. The second-order valence-electron chi connectivity index (χ2n) is 2.65. The fourth-order valence-corrected chi connectivity index (χ4v) is 1.30. The summed E-state index contributed by atoms with van der Waals surface area (Å²) in [6.45, 7) is 1.55. The average molecular weight is 251 g/mol. The van der Waals surface area contributed by atoms with E-state index in [0.29, 0.717) is 22.4 Å². The van der Waals surface area contributed by atoms with E-state index in [4.69, 9.17) is 37.4 Å². The predicted octanol–water partition coefficient (Wildman–Crippen LogP) is 3.34. The smallest absolute Gasteiger partial charge is 0.315 e. The molecule has 0 aliphatic carbocycles. The molecule has 0 fully saturated rings. The van der Waals surface area contributed by atoms with Crippen LogP contribution in [-0.2, 0) is 9.47 Å². The van der Waals surface area contributed by atoms with Crippen LogP contribution in [0.5, 0.6) is 5.75 Å². The van der Waals surface area contributed by atoms with Crippen LogP contribution in [0.2, 0.25) is 10.0 Å². The van der Waals surface area contributed by atoms with Crippen molar-refractivity contribution in [2.75, 3.05) is 13.7 Å². The molecule has 15 heavy (non-hydrogen) atoms. The first kappa shape index (κ1) is 12.6. The van der Waals surface area contributed by atoms with E-state index in [-0.39, 0.29) is 0 Å². The summed E-state index contributed by atoms with van der Waals surface area (Å²) in [6, 6.07) is 5.11. The van der Waals surface area contributed by atoms with E-state index < -0.39 is 6.48 Å². The van der Waals surface area contributed by atoms with Crippen LogP contribution in [-0.4, -0.2) is 20.2 Å². The van der Waals surface area contributed by atoms with Crippen LogP contribution in [0.1, 0.15) is 6.92 Å². The molecule has 1 aromatic rings. The van der Waals surface area contributed by atoms with E-state index in [2.05, 4.69) is 0 Å². The molecule has 0 bridgehead atoms. The zero-order valence-electron chi connectivity index (χ0n) is 8.50. The molecule has 0 amide bonds. The van der Waals surface area contributed by atoms with Crippen LogP contribution in [0.4, 0.5) is 0 Å². The van der Waals surface area contributed by atoms with Gasteiger partial charge in [0.05, 0.1) is 11.6 Å². The van der Waals surface area contributed by atoms with Crippen LogP contribution >= 0.6 is 23.2 Å². The summed E-state index contributed by atoms with van der Waals surface area (Å²) in [7, 11) is 1.48. The largest absolute Gasteiger partial charge is 0.440 e. The van der Waals surface area contributed by atoms with E-state index in [9.17, 15) is 0 Å². The minimum Gasteiger partial charge on any atom is -0.440 e. The van der Waals surface area contributed by atoms with Crippen molar-refractivity contribution in [3.63, 3.8) is 0 Å². The van der Waals surface area contributed by atoms with Crippen molar-refractivity contribution in [1.82, 2.24) is 0 Å². The van der Waals surface area contributed by atoms with E-state index in [1.165, 1.54) is 7.11 Å². The Labute approximate surface area is 98.8 Å². The highest BCUT2D eigenvalue weighted by molar-refractivity contribution is 6.42. The van der Waals surface area contributed by atoms with Gasteiger partial charge in [0.1, 0.15) is 10.8 Å². The molecule has 0 N–H and O–H groups in total. The molecule has 1 unspecified atom stereocenters. The van der Waals surface area contributed by atoms with Crippen molar-refractivity contribution >= 4 is 23.2 Å². The first-order valence-corrected chi connectivity index (χ1v) is 5.19. The summed E-state index contributed by atoms with van der Waals surface area (Å²) in [6.07, 6.45) is 0. The van der Waals surface area contributed by atoms with Gasteiger partial charge in [-0.05, 0) is 19.1 Å². The van der Waals surface area contributed by atoms with Gasteiger partial charge in [-0.25, -0.2) is 0 Å². The van der Waals surface area contributed by atoms with Gasteiger partial charge in [-0.2, -0.15) is 0 Å². The van der Waals surface area contributed by atoms with Gasteiger partial charge in [0, 0.05) is 7.11 Å². The highest BCUT2D eigenvalue weighted by Crippen LogP contribution is 2.32. The van der Waals surface area contributed by atoms with Gasteiger partial charge in [-0.3, -0.25) is 0 Å². The van der Waals surface area contributed by atoms with Gasteiger partial charge in [0.2, 0.25) is 0 Å². The molecule has 3 nitrogen and oxygen atoms in total. The Bertz CT molecular complexity index is 318. The summed E-state index contributed by atoms with van der Waals surface area (Å²) in [5.74, 6) is 0.435. The predicted molar refractivity (Wildman–Crippen MR) is 59.5 cm³/mol. The minimum absolute atomic E-state index is 0.348. The molecule has 0 radical (unpaired) electrons. The lowest BCUT2D eigenvalue weighted by Crippen LogP contribution is -2.22. The normalized spacial score (nSPS) is 12.5. The third-order valence-electron chi connectivity index (χ3n) is 1.63. The van der Waals surface area contributed by atoms with Crippen molar-refractivity contribution < 1.29 is 14.2 Å². The fraction of sp³-hybridized carbons (Fsp3) is 0.400. The summed E-state index contributed by atoms with van der Waals surface area (Å²) < 4.78 is 15.4. The molecule has 0 aliphatic rings. The Balaban J connectivity index is 2.74. The topological polar surface area (TPSA) is 27.7 Å². The van der Waals surface area contributed by atoms with Gasteiger partial charge >= 0.3 is 6.48 Å². The Morgan fingerprint density at radius 2 is 2.07 bits per heavy atom. The molecular formula is C10H12Cl2O3. The molecule has 0 saturated carbocycles. The number of benzene rings is 1. The van der Waals surface area contributed by atoms with Crippen molar-refractivity contribution in [3.8, 4) is 5.75 Å². The number of ether oxygens (including phenoxy) is 3. The molecule has 0 heterocycles. The van der Waals surface area contributed by atoms with Crippen molar-refractivity contribution in [2.45, 2.75) is 13.4 Å². The monoisotopic (exact) mass is 250 g/mol. The van der Waals surface area contributed by atoms with Crippen LogP contribution in [0.15, 0.2) is 18.2 Å². The lowest BCUT2D eigenvalue weighted by atomic mass is 10.3. The maximum atomic E-state index is 5.93. The third-order valence-corrected chi connectivity index (χ3v) is 2.44. The van der Waals surface area contributed by atoms with Gasteiger partial charge < -0.3 is 14.2 Å². The number of methoxy groups -OCH3 is 1. The Kier molecular flexibility index (Phi) is 5.19. The van der Waals surface area contributed by atoms with Crippen molar-refractivity contribution in [3.05, 3.63) is 28.2 Å². The molecule has 0 aliphatic heterocycles. The van der Waals surface area contributed by atoms with Crippen LogP contribution in [0.3, 0.4) is 0 Å². The number of halogens is 2. The second kappa shape index (κ2) is 6.18. The number of rotatable bonds is 5. The van der Waals surface area contributed by atoms with Gasteiger partial charge in [-0.15, -0.1) is 0 Å². The summed E-state index contributed by atoms with van der Waals surface area (Å²) >= 11 is 11.8. The SMILES string of the molecule is CCOC(OC)Oc1cccc(Cl)c1Cl. The molecule has 0 aromatic heterocycles. The zero-order valence-corrected chi connectivity index (χ0v) is 10.0. The fourth-order valence-electron chi connectivity index (χ4n) is 0.965. The molecule has 0 saturated heterocycles. The van der Waals surface area contributed by atoms with Gasteiger partial charge in [0.25, 0.3) is 0 Å². The van der Waals surface area contributed by atoms with Crippen LogP contribution in [0.25, 0.3) is 0 Å². The lowest BCUT2D eigenvalue weighted by Gasteiger charge is -2.17. The average Bonchev–Trinajstić information content (AvgIpc) is 2.24. The Morgan fingerprint density at radius 1 is 1.33 bits per heavy atom. The molecule has 84 valence electrons. The first-order chi connectivity index (χ1) is 7.19. The molecule has 5 heteroatoms. The molecule has 0 spiro atoms. The Morgan fingerprint density at radius 3 is 2.67 bits per heavy atom.